The molecule has 0 spiro atoms. The summed E-state index contributed by atoms with van der Waals surface area (Å²) in [6.45, 7) is 2.33. The minimum absolute atomic E-state index is 0.00981. The first kappa shape index (κ1) is 14.5. The molecule has 0 amide bonds. The van der Waals surface area contributed by atoms with E-state index >= 15 is 0 Å². The molecular weight excluding hydrogens is 256 g/mol. The van der Waals surface area contributed by atoms with Gasteiger partial charge in [-0.2, -0.15) is 0 Å². The second-order valence-electron chi connectivity index (χ2n) is 9.39. The van der Waals surface area contributed by atoms with Crippen molar-refractivity contribution in [1.82, 2.24) is 0 Å². The van der Waals surface area contributed by atoms with E-state index in [0.717, 1.165) is 30.1 Å². The van der Waals surface area contributed by atoms with Crippen LogP contribution < -0.4 is 0 Å². The van der Waals surface area contributed by atoms with E-state index in [1.807, 2.05) is 0 Å². The van der Waals surface area contributed by atoms with E-state index < -0.39 is 0 Å². The van der Waals surface area contributed by atoms with Crippen molar-refractivity contribution in [2.24, 2.45) is 35.0 Å². The number of aliphatic hydroxyl groups is 1. The Kier molecular flexibility index (Phi) is 3.84. The molecule has 120 valence electrons. The van der Waals surface area contributed by atoms with Gasteiger partial charge >= 0.3 is 0 Å². The van der Waals surface area contributed by atoms with E-state index in [9.17, 15) is 5.11 Å². The Morgan fingerprint density at radius 1 is 0.952 bits per heavy atom. The molecule has 0 saturated heterocycles. The lowest BCUT2D eigenvalue weighted by molar-refractivity contribution is -0.0868. The normalized spacial score (nSPS) is 50.3. The molecule has 5 fully saturated rings. The highest BCUT2D eigenvalue weighted by atomic mass is 16.3. The molecule has 3 atom stereocenters. The van der Waals surface area contributed by atoms with Gasteiger partial charge in [0.15, 0.2) is 0 Å². The first-order valence-electron chi connectivity index (χ1n) is 9.84. The molecule has 5 rings (SSSR count). The fraction of sp³-hybridized carbons (Fsp3) is 1.00. The Labute approximate surface area is 130 Å². The first-order chi connectivity index (χ1) is 10.2. The lowest BCUT2D eigenvalue weighted by atomic mass is 9.48. The summed E-state index contributed by atoms with van der Waals surface area (Å²) in [5.41, 5.74) is 0.563. The summed E-state index contributed by atoms with van der Waals surface area (Å²) in [5.74, 6) is 4.60. The van der Waals surface area contributed by atoms with Crippen LogP contribution in [0.3, 0.4) is 0 Å². The van der Waals surface area contributed by atoms with E-state index in [1.54, 1.807) is 0 Å². The second-order valence-corrected chi connectivity index (χ2v) is 9.39. The van der Waals surface area contributed by atoms with E-state index in [4.69, 9.17) is 0 Å². The third kappa shape index (κ3) is 2.80. The monoisotopic (exact) mass is 290 g/mol. The number of hydrogen-bond donors (Lipinski definition) is 1. The third-order valence-electron chi connectivity index (χ3n) is 7.75. The molecule has 21 heavy (non-hydrogen) atoms. The summed E-state index contributed by atoms with van der Waals surface area (Å²) in [5, 5.41) is 10.9. The topological polar surface area (TPSA) is 20.2 Å². The Balaban J connectivity index is 1.41. The van der Waals surface area contributed by atoms with Gasteiger partial charge in [-0.25, -0.2) is 0 Å². The highest BCUT2D eigenvalue weighted by Crippen LogP contribution is 2.62. The third-order valence-corrected chi connectivity index (χ3v) is 7.75. The van der Waals surface area contributed by atoms with Gasteiger partial charge in [-0.3, -0.25) is 0 Å². The summed E-state index contributed by atoms with van der Waals surface area (Å²) in [6.07, 6.45) is 16.8. The molecule has 0 aromatic heterocycles. The van der Waals surface area contributed by atoms with Crippen molar-refractivity contribution in [2.45, 2.75) is 90.1 Å². The van der Waals surface area contributed by atoms with Gasteiger partial charge in [0.1, 0.15) is 0 Å². The van der Waals surface area contributed by atoms with Crippen molar-refractivity contribution in [3.05, 3.63) is 0 Å². The second kappa shape index (κ2) is 5.55. The van der Waals surface area contributed by atoms with Crippen molar-refractivity contribution < 1.29 is 5.11 Å². The van der Waals surface area contributed by atoms with Crippen LogP contribution in [0.5, 0.6) is 0 Å². The van der Waals surface area contributed by atoms with Gasteiger partial charge < -0.3 is 5.11 Å². The smallest absolute Gasteiger partial charge is 0.0573 e. The van der Waals surface area contributed by atoms with E-state index in [2.05, 4.69) is 6.92 Å². The van der Waals surface area contributed by atoms with Crippen LogP contribution in [0.15, 0.2) is 0 Å². The zero-order valence-electron chi connectivity index (χ0n) is 13.9. The summed E-state index contributed by atoms with van der Waals surface area (Å²) in [7, 11) is 0. The molecule has 0 aliphatic heterocycles. The van der Waals surface area contributed by atoms with Gasteiger partial charge in [0.25, 0.3) is 0 Å². The van der Waals surface area contributed by atoms with Crippen LogP contribution in [-0.4, -0.2) is 11.2 Å². The zero-order chi connectivity index (χ0) is 14.4. The molecule has 0 heterocycles. The molecule has 4 bridgehead atoms. The van der Waals surface area contributed by atoms with Gasteiger partial charge in [0.05, 0.1) is 6.10 Å². The lowest BCUT2D eigenvalue weighted by Gasteiger charge is -2.57. The molecule has 1 nitrogen and oxygen atoms in total. The standard InChI is InChI=1S/C20H34O/c1-2-14-4-3-5-18(9-14)19(21)13-20-10-15-6-16(11-20)8-17(7-15)12-20/h14-19,21H,2-13H2,1H3. The maximum atomic E-state index is 10.9. The van der Waals surface area contributed by atoms with Crippen LogP contribution in [0.25, 0.3) is 0 Å². The van der Waals surface area contributed by atoms with Crippen molar-refractivity contribution >= 4 is 0 Å². The van der Waals surface area contributed by atoms with Gasteiger partial charge in [0.2, 0.25) is 0 Å². The number of aliphatic hydroxyl groups excluding tert-OH is 1. The average molecular weight is 290 g/mol. The molecule has 3 unspecified atom stereocenters. The van der Waals surface area contributed by atoms with Crippen LogP contribution in [-0.2, 0) is 0 Å². The predicted molar refractivity (Wildman–Crippen MR) is 87.0 cm³/mol. The highest BCUT2D eigenvalue weighted by Gasteiger charge is 2.51. The van der Waals surface area contributed by atoms with Gasteiger partial charge in [0, 0.05) is 0 Å². The molecule has 1 heteroatoms. The number of hydrogen-bond acceptors (Lipinski definition) is 1. The summed E-state index contributed by atoms with van der Waals surface area (Å²) in [4.78, 5) is 0. The molecule has 0 aromatic rings. The fourth-order valence-electron chi connectivity index (χ4n) is 7.20. The Morgan fingerprint density at radius 2 is 1.57 bits per heavy atom. The lowest BCUT2D eigenvalue weighted by Crippen LogP contribution is -2.48. The maximum Gasteiger partial charge on any atom is 0.0573 e. The minimum atomic E-state index is 0.00981. The summed E-state index contributed by atoms with van der Waals surface area (Å²) in [6, 6.07) is 0. The summed E-state index contributed by atoms with van der Waals surface area (Å²) < 4.78 is 0. The fourth-order valence-corrected chi connectivity index (χ4v) is 7.20. The Morgan fingerprint density at radius 3 is 2.14 bits per heavy atom. The predicted octanol–water partition coefficient (Wildman–Crippen LogP) is 5.17. The molecule has 5 aliphatic rings. The van der Waals surface area contributed by atoms with Crippen LogP contribution in [0, 0.1) is 35.0 Å². The Hall–Kier alpha value is -0.0400. The van der Waals surface area contributed by atoms with Gasteiger partial charge in [-0.05, 0) is 92.8 Å². The molecule has 0 aromatic carbocycles. The average Bonchev–Trinajstić information content (AvgIpc) is 2.45. The van der Waals surface area contributed by atoms with Crippen molar-refractivity contribution in [2.75, 3.05) is 0 Å². The maximum absolute atomic E-state index is 10.9. The van der Waals surface area contributed by atoms with Gasteiger partial charge in [-0.1, -0.05) is 26.2 Å². The Bertz CT molecular complexity index is 339. The minimum Gasteiger partial charge on any atom is -0.393 e. The highest BCUT2D eigenvalue weighted by molar-refractivity contribution is 5.02. The van der Waals surface area contributed by atoms with E-state index in [0.29, 0.717) is 11.3 Å². The van der Waals surface area contributed by atoms with Crippen LogP contribution >= 0.6 is 0 Å². The molecule has 1 N–H and O–H groups in total. The van der Waals surface area contributed by atoms with E-state index in [1.165, 1.54) is 70.6 Å². The van der Waals surface area contributed by atoms with Crippen LogP contribution in [0.1, 0.15) is 84.0 Å². The van der Waals surface area contributed by atoms with E-state index in [-0.39, 0.29) is 6.10 Å². The molecular formula is C20H34O. The van der Waals surface area contributed by atoms with Crippen molar-refractivity contribution in [3.8, 4) is 0 Å². The summed E-state index contributed by atoms with van der Waals surface area (Å²) >= 11 is 0. The number of rotatable bonds is 4. The van der Waals surface area contributed by atoms with Crippen molar-refractivity contribution in [1.29, 1.82) is 0 Å². The zero-order valence-corrected chi connectivity index (χ0v) is 13.9. The molecule has 5 saturated carbocycles. The van der Waals surface area contributed by atoms with Crippen molar-refractivity contribution in [3.63, 3.8) is 0 Å². The first-order valence-corrected chi connectivity index (χ1v) is 9.84. The largest absolute Gasteiger partial charge is 0.393 e. The quantitative estimate of drug-likeness (QED) is 0.757. The van der Waals surface area contributed by atoms with Crippen LogP contribution in [0.4, 0.5) is 0 Å². The molecule has 0 radical (unpaired) electrons. The van der Waals surface area contributed by atoms with Crippen LogP contribution in [0.2, 0.25) is 0 Å². The molecule has 5 aliphatic carbocycles. The SMILES string of the molecule is CCC1CCCC(C(O)CC23CC4CC(CC(C4)C2)C3)C1. The van der Waals surface area contributed by atoms with Gasteiger partial charge in [-0.15, -0.1) is 0 Å².